The largest absolute Gasteiger partial charge is 0.300 e. The highest BCUT2D eigenvalue weighted by atomic mass is 32.2. The number of aryl methyl sites for hydroxylation is 1. The summed E-state index contributed by atoms with van der Waals surface area (Å²) in [6.07, 6.45) is 2.74. The SMILES string of the molecule is Cc1ccccc1N(CC(=O)Nc1nc(-c2ccccn2)cs1)S(C)(=O)=O. The maximum absolute atomic E-state index is 12.4. The molecule has 0 unspecified atom stereocenters. The topological polar surface area (TPSA) is 92.3 Å². The van der Waals surface area contributed by atoms with Crippen LogP contribution in [0.2, 0.25) is 0 Å². The van der Waals surface area contributed by atoms with E-state index in [-0.39, 0.29) is 6.54 Å². The third-order valence-corrected chi connectivity index (χ3v) is 5.63. The zero-order chi connectivity index (χ0) is 19.4. The van der Waals surface area contributed by atoms with Crippen molar-refractivity contribution < 1.29 is 13.2 Å². The van der Waals surface area contributed by atoms with Crippen molar-refractivity contribution >= 4 is 38.1 Å². The predicted molar refractivity (Wildman–Crippen MR) is 107 cm³/mol. The molecule has 0 atom stereocenters. The van der Waals surface area contributed by atoms with Crippen LogP contribution in [0.15, 0.2) is 54.0 Å². The van der Waals surface area contributed by atoms with Gasteiger partial charge in [-0.05, 0) is 30.7 Å². The van der Waals surface area contributed by atoms with Crippen LogP contribution in [0.5, 0.6) is 0 Å². The lowest BCUT2D eigenvalue weighted by molar-refractivity contribution is -0.114. The molecule has 3 rings (SSSR count). The summed E-state index contributed by atoms with van der Waals surface area (Å²) < 4.78 is 25.5. The number of hydrogen-bond donors (Lipinski definition) is 1. The Hall–Kier alpha value is -2.78. The van der Waals surface area contributed by atoms with Crippen LogP contribution in [-0.4, -0.2) is 37.1 Å². The van der Waals surface area contributed by atoms with Gasteiger partial charge in [0.15, 0.2) is 5.13 Å². The number of thiazole rings is 1. The van der Waals surface area contributed by atoms with Crippen LogP contribution in [-0.2, 0) is 14.8 Å². The molecular weight excluding hydrogens is 384 g/mol. The number of pyridine rings is 1. The number of benzene rings is 1. The van der Waals surface area contributed by atoms with Gasteiger partial charge >= 0.3 is 0 Å². The Morgan fingerprint density at radius 2 is 1.89 bits per heavy atom. The van der Waals surface area contributed by atoms with Gasteiger partial charge in [0.05, 0.1) is 17.6 Å². The average Bonchev–Trinajstić information content (AvgIpc) is 3.09. The van der Waals surface area contributed by atoms with E-state index in [0.717, 1.165) is 16.1 Å². The number of sulfonamides is 1. The monoisotopic (exact) mass is 402 g/mol. The van der Waals surface area contributed by atoms with Gasteiger partial charge in [-0.3, -0.25) is 14.1 Å². The summed E-state index contributed by atoms with van der Waals surface area (Å²) in [5, 5.41) is 4.83. The van der Waals surface area contributed by atoms with Crippen molar-refractivity contribution in [3.8, 4) is 11.4 Å². The van der Waals surface area contributed by atoms with Crippen LogP contribution in [0.3, 0.4) is 0 Å². The first-order valence-electron chi connectivity index (χ1n) is 8.05. The number of rotatable bonds is 6. The van der Waals surface area contributed by atoms with Crippen LogP contribution in [0.1, 0.15) is 5.56 Å². The molecule has 3 aromatic rings. The number of hydrogen-bond acceptors (Lipinski definition) is 6. The van der Waals surface area contributed by atoms with Gasteiger partial charge in [-0.15, -0.1) is 11.3 Å². The summed E-state index contributed by atoms with van der Waals surface area (Å²) in [6.45, 7) is 1.47. The Kier molecular flexibility index (Phi) is 5.52. The summed E-state index contributed by atoms with van der Waals surface area (Å²) >= 11 is 1.26. The van der Waals surface area contributed by atoms with E-state index in [9.17, 15) is 13.2 Å². The first kappa shape index (κ1) is 19.0. The van der Waals surface area contributed by atoms with E-state index in [0.29, 0.717) is 22.2 Å². The number of carbonyl (C=O) groups is 1. The lowest BCUT2D eigenvalue weighted by Gasteiger charge is -2.23. The average molecular weight is 403 g/mol. The van der Waals surface area contributed by atoms with Gasteiger partial charge in [0.1, 0.15) is 12.2 Å². The molecule has 0 saturated heterocycles. The molecule has 0 saturated carbocycles. The fourth-order valence-corrected chi connectivity index (χ4v) is 4.11. The van der Waals surface area contributed by atoms with E-state index in [1.54, 1.807) is 36.7 Å². The molecular formula is C18H18N4O3S2. The number of aromatic nitrogens is 2. The molecule has 0 aliphatic rings. The zero-order valence-electron chi connectivity index (χ0n) is 14.8. The van der Waals surface area contributed by atoms with Crippen molar-refractivity contribution in [3.05, 3.63) is 59.6 Å². The Morgan fingerprint density at radius 1 is 1.15 bits per heavy atom. The molecule has 1 amide bonds. The van der Waals surface area contributed by atoms with E-state index in [2.05, 4.69) is 15.3 Å². The molecule has 9 heteroatoms. The number of nitrogens with one attached hydrogen (secondary N) is 1. The molecule has 0 aliphatic carbocycles. The highest BCUT2D eigenvalue weighted by Gasteiger charge is 2.22. The Bertz CT molecular complexity index is 1050. The van der Waals surface area contributed by atoms with Crippen molar-refractivity contribution in [2.45, 2.75) is 6.92 Å². The number of nitrogens with zero attached hydrogens (tertiary/aromatic N) is 3. The smallest absolute Gasteiger partial charge is 0.246 e. The fourth-order valence-electron chi connectivity index (χ4n) is 2.48. The molecule has 27 heavy (non-hydrogen) atoms. The van der Waals surface area contributed by atoms with E-state index in [1.165, 1.54) is 11.3 Å². The van der Waals surface area contributed by atoms with E-state index < -0.39 is 15.9 Å². The van der Waals surface area contributed by atoms with Crippen molar-refractivity contribution in [1.82, 2.24) is 9.97 Å². The van der Waals surface area contributed by atoms with E-state index in [1.807, 2.05) is 24.3 Å². The molecule has 140 valence electrons. The maximum atomic E-state index is 12.4. The van der Waals surface area contributed by atoms with Gasteiger partial charge < -0.3 is 5.32 Å². The minimum absolute atomic E-state index is 0.331. The van der Waals surface area contributed by atoms with Gasteiger partial charge in [0.25, 0.3) is 0 Å². The summed E-state index contributed by atoms with van der Waals surface area (Å²) in [5.74, 6) is -0.467. The molecule has 1 aromatic carbocycles. The second kappa shape index (κ2) is 7.85. The van der Waals surface area contributed by atoms with Crippen molar-refractivity contribution in [3.63, 3.8) is 0 Å². The minimum atomic E-state index is -3.62. The van der Waals surface area contributed by atoms with E-state index in [4.69, 9.17) is 0 Å². The number of para-hydroxylation sites is 1. The van der Waals surface area contributed by atoms with Crippen molar-refractivity contribution in [2.75, 3.05) is 22.4 Å². The minimum Gasteiger partial charge on any atom is -0.300 e. The first-order chi connectivity index (χ1) is 12.8. The van der Waals surface area contributed by atoms with Gasteiger partial charge in [-0.1, -0.05) is 24.3 Å². The summed E-state index contributed by atoms with van der Waals surface area (Å²) in [5.41, 5.74) is 2.59. The van der Waals surface area contributed by atoms with Gasteiger partial charge in [0.2, 0.25) is 15.9 Å². The van der Waals surface area contributed by atoms with Crippen LogP contribution >= 0.6 is 11.3 Å². The summed E-state index contributed by atoms with van der Waals surface area (Å²) in [7, 11) is -3.62. The molecule has 7 nitrogen and oxygen atoms in total. The van der Waals surface area contributed by atoms with Crippen LogP contribution in [0.25, 0.3) is 11.4 Å². The third kappa shape index (κ3) is 4.69. The normalized spacial score (nSPS) is 11.2. The quantitative estimate of drug-likeness (QED) is 0.684. The Labute approximate surface area is 161 Å². The Morgan fingerprint density at radius 3 is 2.56 bits per heavy atom. The van der Waals surface area contributed by atoms with Crippen LogP contribution in [0.4, 0.5) is 10.8 Å². The number of anilines is 2. The lowest BCUT2D eigenvalue weighted by Crippen LogP contribution is -2.37. The molecule has 0 aliphatic heterocycles. The van der Waals surface area contributed by atoms with Gasteiger partial charge in [0, 0.05) is 11.6 Å². The lowest BCUT2D eigenvalue weighted by atomic mass is 10.2. The Balaban J connectivity index is 1.76. The molecule has 2 heterocycles. The number of amides is 1. The molecule has 0 spiro atoms. The second-order valence-electron chi connectivity index (χ2n) is 5.86. The van der Waals surface area contributed by atoms with Gasteiger partial charge in [-0.2, -0.15) is 0 Å². The summed E-state index contributed by atoms with van der Waals surface area (Å²) in [6, 6.07) is 12.5. The predicted octanol–water partition coefficient (Wildman–Crippen LogP) is 2.92. The molecule has 0 fully saturated rings. The number of carbonyl (C=O) groups excluding carboxylic acids is 1. The zero-order valence-corrected chi connectivity index (χ0v) is 16.4. The molecule has 1 N–H and O–H groups in total. The highest BCUT2D eigenvalue weighted by Crippen LogP contribution is 2.24. The van der Waals surface area contributed by atoms with Crippen molar-refractivity contribution in [1.29, 1.82) is 0 Å². The standard InChI is InChI=1S/C18H18N4O3S2/c1-13-7-3-4-9-16(13)22(27(2,24)25)11-17(23)21-18-20-15(12-26-18)14-8-5-6-10-19-14/h3-10,12H,11H2,1-2H3,(H,20,21,23). The van der Waals surface area contributed by atoms with E-state index >= 15 is 0 Å². The summed E-state index contributed by atoms with van der Waals surface area (Å²) in [4.78, 5) is 21.0. The molecule has 2 aromatic heterocycles. The third-order valence-electron chi connectivity index (χ3n) is 3.75. The van der Waals surface area contributed by atoms with Gasteiger partial charge in [-0.25, -0.2) is 13.4 Å². The molecule has 0 bridgehead atoms. The molecule has 0 radical (unpaired) electrons. The second-order valence-corrected chi connectivity index (χ2v) is 8.62. The maximum Gasteiger partial charge on any atom is 0.246 e. The highest BCUT2D eigenvalue weighted by molar-refractivity contribution is 7.92. The van der Waals surface area contributed by atoms with Crippen LogP contribution in [0, 0.1) is 6.92 Å². The first-order valence-corrected chi connectivity index (χ1v) is 10.8. The van der Waals surface area contributed by atoms with Crippen LogP contribution < -0.4 is 9.62 Å². The fraction of sp³-hybridized carbons (Fsp3) is 0.167. The van der Waals surface area contributed by atoms with Crippen molar-refractivity contribution in [2.24, 2.45) is 0 Å².